The summed E-state index contributed by atoms with van der Waals surface area (Å²) >= 11 is 0. The number of rotatable bonds is 4. The molecule has 0 fully saturated rings. The lowest BCUT2D eigenvalue weighted by Crippen LogP contribution is -2.12. The maximum atomic E-state index is 11.0. The van der Waals surface area contributed by atoms with Gasteiger partial charge in [-0.25, -0.2) is 4.98 Å². The fourth-order valence-electron chi connectivity index (χ4n) is 1.52. The minimum absolute atomic E-state index is 0.192. The topological polar surface area (TPSA) is 65.2 Å². The number of nitrogens with zero attached hydrogens (tertiary/aromatic N) is 1. The van der Waals surface area contributed by atoms with Crippen molar-refractivity contribution in [3.8, 4) is 11.6 Å². The minimum Gasteiger partial charge on any atom is -0.439 e. The Kier molecular flexibility index (Phi) is 3.57. The number of carbonyl (C=O) groups excluding carboxylic acids is 1. The number of carbonyl (C=O) groups is 1. The summed E-state index contributed by atoms with van der Waals surface area (Å²) < 4.78 is 5.55. The van der Waals surface area contributed by atoms with Crippen LogP contribution < -0.4 is 10.5 Å². The van der Waals surface area contributed by atoms with Gasteiger partial charge < -0.3 is 10.5 Å². The van der Waals surface area contributed by atoms with E-state index >= 15 is 0 Å². The lowest BCUT2D eigenvalue weighted by atomic mass is 10.2. The Morgan fingerprint density at radius 3 is 2.56 bits per heavy atom. The number of benzene rings is 1. The summed E-state index contributed by atoms with van der Waals surface area (Å²) in [5.41, 5.74) is 6.59. The summed E-state index contributed by atoms with van der Waals surface area (Å²) in [4.78, 5) is 15.0. The molecule has 92 valence electrons. The predicted octanol–water partition coefficient (Wildman–Crippen LogP) is 2.54. The number of aryl methyl sites for hydroxylation is 1. The van der Waals surface area contributed by atoms with Crippen LogP contribution in [0, 0.1) is 0 Å². The molecule has 18 heavy (non-hydrogen) atoms. The summed E-state index contributed by atoms with van der Waals surface area (Å²) in [5.74, 6) is 0.471. The van der Waals surface area contributed by atoms with E-state index in [4.69, 9.17) is 10.5 Å². The first-order chi connectivity index (χ1) is 8.69. The molecular formula is C14H14N2O2. The highest BCUT2D eigenvalue weighted by molar-refractivity contribution is 5.90. The van der Waals surface area contributed by atoms with Crippen LogP contribution in [0.4, 0.5) is 0 Å². The summed E-state index contributed by atoms with van der Waals surface area (Å²) in [6.45, 7) is 2.09. The van der Waals surface area contributed by atoms with Crippen molar-refractivity contribution in [3.05, 3.63) is 53.7 Å². The Hall–Kier alpha value is -2.36. The number of hydrogen-bond donors (Lipinski definition) is 1. The fraction of sp³-hybridized carbons (Fsp3) is 0.143. The van der Waals surface area contributed by atoms with Gasteiger partial charge in [-0.15, -0.1) is 0 Å². The molecule has 1 amide bonds. The van der Waals surface area contributed by atoms with Gasteiger partial charge in [0, 0.05) is 6.07 Å². The van der Waals surface area contributed by atoms with Crippen molar-refractivity contribution in [2.24, 2.45) is 5.73 Å². The lowest BCUT2D eigenvalue weighted by molar-refractivity contribution is 0.0995. The van der Waals surface area contributed by atoms with Crippen LogP contribution in [0.2, 0.25) is 0 Å². The third-order valence-electron chi connectivity index (χ3n) is 2.53. The van der Waals surface area contributed by atoms with Gasteiger partial charge in [0.25, 0.3) is 5.91 Å². The molecule has 2 N–H and O–H groups in total. The SMILES string of the molecule is CCc1ccc(Oc2cccc(C(N)=O)n2)cc1. The Balaban J connectivity index is 2.17. The third kappa shape index (κ3) is 2.85. The Morgan fingerprint density at radius 2 is 1.94 bits per heavy atom. The van der Waals surface area contributed by atoms with Crippen LogP contribution >= 0.6 is 0 Å². The number of primary amides is 1. The van der Waals surface area contributed by atoms with Crippen LogP contribution in [0.25, 0.3) is 0 Å². The van der Waals surface area contributed by atoms with Crippen molar-refractivity contribution in [1.82, 2.24) is 4.98 Å². The molecule has 0 atom stereocenters. The van der Waals surface area contributed by atoms with Gasteiger partial charge in [-0.2, -0.15) is 0 Å². The van der Waals surface area contributed by atoms with Crippen LogP contribution in [0.15, 0.2) is 42.5 Å². The third-order valence-corrected chi connectivity index (χ3v) is 2.53. The maximum absolute atomic E-state index is 11.0. The molecule has 0 saturated carbocycles. The largest absolute Gasteiger partial charge is 0.439 e. The molecule has 0 unspecified atom stereocenters. The second-order valence-corrected chi connectivity index (χ2v) is 3.82. The normalized spacial score (nSPS) is 10.1. The maximum Gasteiger partial charge on any atom is 0.267 e. The quantitative estimate of drug-likeness (QED) is 0.895. The summed E-state index contributed by atoms with van der Waals surface area (Å²) in [6, 6.07) is 12.6. The van der Waals surface area contributed by atoms with E-state index < -0.39 is 5.91 Å². The first-order valence-corrected chi connectivity index (χ1v) is 5.72. The van der Waals surface area contributed by atoms with Crippen molar-refractivity contribution in [3.63, 3.8) is 0 Å². The van der Waals surface area contributed by atoms with E-state index in [9.17, 15) is 4.79 Å². The highest BCUT2D eigenvalue weighted by Gasteiger charge is 2.04. The average molecular weight is 242 g/mol. The van der Waals surface area contributed by atoms with Gasteiger partial charge in [0.15, 0.2) is 0 Å². The number of hydrogen-bond acceptors (Lipinski definition) is 3. The minimum atomic E-state index is -0.568. The van der Waals surface area contributed by atoms with Gasteiger partial charge in [0.05, 0.1) is 0 Å². The molecule has 2 rings (SSSR count). The van der Waals surface area contributed by atoms with Crippen molar-refractivity contribution in [2.45, 2.75) is 13.3 Å². The highest BCUT2D eigenvalue weighted by Crippen LogP contribution is 2.20. The predicted molar refractivity (Wildman–Crippen MR) is 68.6 cm³/mol. The highest BCUT2D eigenvalue weighted by atomic mass is 16.5. The van der Waals surface area contributed by atoms with E-state index in [2.05, 4.69) is 11.9 Å². The number of ether oxygens (including phenoxy) is 1. The van der Waals surface area contributed by atoms with E-state index in [-0.39, 0.29) is 5.69 Å². The smallest absolute Gasteiger partial charge is 0.267 e. The molecule has 0 aliphatic rings. The van der Waals surface area contributed by atoms with Gasteiger partial charge >= 0.3 is 0 Å². The number of amides is 1. The molecule has 0 saturated heterocycles. The molecule has 1 aromatic carbocycles. The first kappa shape index (κ1) is 12.1. The van der Waals surface area contributed by atoms with Crippen LogP contribution in [0.5, 0.6) is 11.6 Å². The van der Waals surface area contributed by atoms with Gasteiger partial charge in [0.2, 0.25) is 5.88 Å². The molecule has 2 aromatic rings. The van der Waals surface area contributed by atoms with E-state index in [1.54, 1.807) is 18.2 Å². The van der Waals surface area contributed by atoms with Crippen LogP contribution in [-0.4, -0.2) is 10.9 Å². The number of aromatic nitrogens is 1. The molecule has 4 nitrogen and oxygen atoms in total. The van der Waals surface area contributed by atoms with Crippen molar-refractivity contribution in [2.75, 3.05) is 0 Å². The van der Waals surface area contributed by atoms with Gasteiger partial charge in [-0.3, -0.25) is 4.79 Å². The number of pyridine rings is 1. The second-order valence-electron chi connectivity index (χ2n) is 3.82. The second kappa shape index (κ2) is 5.31. The van der Waals surface area contributed by atoms with E-state index in [0.717, 1.165) is 6.42 Å². The van der Waals surface area contributed by atoms with Crippen LogP contribution in [-0.2, 0) is 6.42 Å². The zero-order chi connectivity index (χ0) is 13.0. The van der Waals surface area contributed by atoms with Crippen molar-refractivity contribution >= 4 is 5.91 Å². The molecular weight excluding hydrogens is 228 g/mol. The van der Waals surface area contributed by atoms with E-state index in [1.165, 1.54) is 5.56 Å². The van der Waals surface area contributed by atoms with Gasteiger partial charge in [-0.05, 0) is 30.2 Å². The molecule has 0 spiro atoms. The van der Waals surface area contributed by atoms with E-state index in [0.29, 0.717) is 11.6 Å². The molecule has 0 aliphatic heterocycles. The summed E-state index contributed by atoms with van der Waals surface area (Å²) in [7, 11) is 0. The molecule has 0 bridgehead atoms. The molecule has 4 heteroatoms. The Morgan fingerprint density at radius 1 is 1.22 bits per heavy atom. The van der Waals surface area contributed by atoms with Gasteiger partial charge in [-0.1, -0.05) is 25.1 Å². The standard InChI is InChI=1S/C14H14N2O2/c1-2-10-6-8-11(9-7-10)18-13-5-3-4-12(16-13)14(15)17/h3-9H,2H2,1H3,(H2,15,17). The molecule has 1 aromatic heterocycles. The average Bonchev–Trinajstić information content (AvgIpc) is 2.40. The van der Waals surface area contributed by atoms with Crippen molar-refractivity contribution in [1.29, 1.82) is 0 Å². The van der Waals surface area contributed by atoms with E-state index in [1.807, 2.05) is 24.3 Å². The lowest BCUT2D eigenvalue weighted by Gasteiger charge is -2.06. The van der Waals surface area contributed by atoms with Crippen LogP contribution in [0.3, 0.4) is 0 Å². The first-order valence-electron chi connectivity index (χ1n) is 5.72. The van der Waals surface area contributed by atoms with Gasteiger partial charge in [0.1, 0.15) is 11.4 Å². The zero-order valence-electron chi connectivity index (χ0n) is 10.1. The molecule has 0 radical (unpaired) electrons. The molecule has 1 heterocycles. The summed E-state index contributed by atoms with van der Waals surface area (Å²) in [6.07, 6.45) is 0.982. The Bertz CT molecular complexity index is 550. The Labute approximate surface area is 105 Å². The summed E-state index contributed by atoms with van der Waals surface area (Å²) in [5, 5.41) is 0. The number of nitrogens with two attached hydrogens (primary N) is 1. The van der Waals surface area contributed by atoms with Crippen LogP contribution in [0.1, 0.15) is 23.0 Å². The molecule has 0 aliphatic carbocycles. The monoisotopic (exact) mass is 242 g/mol. The van der Waals surface area contributed by atoms with Crippen molar-refractivity contribution < 1.29 is 9.53 Å². The zero-order valence-corrected chi connectivity index (χ0v) is 10.1. The fourth-order valence-corrected chi connectivity index (χ4v) is 1.52.